The maximum Gasteiger partial charge on any atom is 0.0963 e. The molecule has 3 unspecified atom stereocenters. The fourth-order valence-electron chi connectivity index (χ4n) is 3.27. The minimum absolute atomic E-state index is 0.137. The lowest BCUT2D eigenvalue weighted by Crippen LogP contribution is -2.32. The number of benzene rings is 1. The third-order valence-corrected chi connectivity index (χ3v) is 5.26. The van der Waals surface area contributed by atoms with Crippen molar-refractivity contribution in [2.24, 2.45) is 5.92 Å². The van der Waals surface area contributed by atoms with E-state index >= 15 is 0 Å². The minimum Gasteiger partial charge on any atom is -0.369 e. The van der Waals surface area contributed by atoms with Crippen LogP contribution in [-0.2, 0) is 4.74 Å². The zero-order valence-corrected chi connectivity index (χ0v) is 14.9. The number of likely N-dealkylation sites (N-methyl/N-ethyl adjacent to an activating group) is 1. The van der Waals surface area contributed by atoms with Gasteiger partial charge in [0.2, 0.25) is 0 Å². The first kappa shape index (κ1) is 17.0. The summed E-state index contributed by atoms with van der Waals surface area (Å²) in [6.07, 6.45) is 7.00. The van der Waals surface area contributed by atoms with Crippen LogP contribution < -0.4 is 5.32 Å². The molecule has 21 heavy (non-hydrogen) atoms. The van der Waals surface area contributed by atoms with Gasteiger partial charge in [0.15, 0.2) is 0 Å². The van der Waals surface area contributed by atoms with Crippen molar-refractivity contribution in [1.82, 2.24) is 5.32 Å². The number of hydrogen-bond donors (Lipinski definition) is 1. The molecule has 3 atom stereocenters. The summed E-state index contributed by atoms with van der Waals surface area (Å²) in [5.41, 5.74) is 1.26. The zero-order valence-electron chi connectivity index (χ0n) is 13.3. The molecule has 0 radical (unpaired) electrons. The molecule has 1 aromatic rings. The van der Waals surface area contributed by atoms with E-state index in [9.17, 15) is 0 Å². The van der Waals surface area contributed by atoms with Crippen molar-refractivity contribution in [3.8, 4) is 0 Å². The Labute approximate surface area is 137 Å². The van der Waals surface area contributed by atoms with Crippen molar-refractivity contribution in [3.63, 3.8) is 0 Å². The van der Waals surface area contributed by atoms with Crippen LogP contribution in [0.3, 0.4) is 0 Å². The van der Waals surface area contributed by atoms with Crippen molar-refractivity contribution in [3.05, 3.63) is 34.3 Å². The van der Waals surface area contributed by atoms with Crippen molar-refractivity contribution in [1.29, 1.82) is 0 Å². The molecular weight excluding hydrogens is 326 g/mol. The molecule has 0 heterocycles. The number of ether oxygens (including phenoxy) is 1. The van der Waals surface area contributed by atoms with Crippen LogP contribution in [0.15, 0.2) is 28.7 Å². The van der Waals surface area contributed by atoms with E-state index in [2.05, 4.69) is 59.4 Å². The first-order valence-electron chi connectivity index (χ1n) is 8.36. The van der Waals surface area contributed by atoms with Crippen LogP contribution in [-0.4, -0.2) is 19.2 Å². The fourth-order valence-corrected chi connectivity index (χ4v) is 3.81. The van der Waals surface area contributed by atoms with E-state index in [-0.39, 0.29) is 6.10 Å². The molecule has 0 aromatic heterocycles. The molecule has 0 spiro atoms. The average Bonchev–Trinajstić information content (AvgIpc) is 2.52. The monoisotopic (exact) mass is 353 g/mol. The first-order valence-corrected chi connectivity index (χ1v) is 9.16. The summed E-state index contributed by atoms with van der Waals surface area (Å²) in [5, 5.41) is 3.45. The molecule has 1 aromatic carbocycles. The van der Waals surface area contributed by atoms with E-state index in [1.807, 2.05) is 0 Å². The fraction of sp³-hybridized carbons (Fsp3) is 0.667. The maximum absolute atomic E-state index is 6.57. The van der Waals surface area contributed by atoms with Gasteiger partial charge in [-0.3, -0.25) is 0 Å². The summed E-state index contributed by atoms with van der Waals surface area (Å²) < 4.78 is 7.72. The molecule has 1 saturated carbocycles. The average molecular weight is 354 g/mol. The molecule has 0 bridgehead atoms. The second-order valence-corrected chi connectivity index (χ2v) is 6.80. The highest BCUT2D eigenvalue weighted by atomic mass is 79.9. The highest BCUT2D eigenvalue weighted by molar-refractivity contribution is 9.10. The predicted molar refractivity (Wildman–Crippen MR) is 92.5 cm³/mol. The number of halogens is 1. The predicted octanol–water partition coefficient (Wildman–Crippen LogP) is 5.09. The highest BCUT2D eigenvalue weighted by Gasteiger charge is 2.28. The molecule has 0 aliphatic heterocycles. The van der Waals surface area contributed by atoms with Gasteiger partial charge in [-0.1, -0.05) is 67.2 Å². The van der Waals surface area contributed by atoms with E-state index in [4.69, 9.17) is 4.74 Å². The Kier molecular flexibility index (Phi) is 7.21. The molecule has 1 fully saturated rings. The Morgan fingerprint density at radius 1 is 1.24 bits per heavy atom. The summed E-state index contributed by atoms with van der Waals surface area (Å²) in [5.74, 6) is 0.727. The van der Waals surface area contributed by atoms with Crippen molar-refractivity contribution < 1.29 is 4.74 Å². The molecule has 2 rings (SSSR count). The quantitative estimate of drug-likeness (QED) is 0.737. The number of hydrogen-bond acceptors (Lipinski definition) is 2. The van der Waals surface area contributed by atoms with Crippen LogP contribution in [0.25, 0.3) is 0 Å². The van der Waals surface area contributed by atoms with Gasteiger partial charge >= 0.3 is 0 Å². The zero-order chi connectivity index (χ0) is 15.1. The van der Waals surface area contributed by atoms with E-state index in [0.717, 1.165) is 23.5 Å². The normalized spacial score (nSPS) is 24.0. The second-order valence-electron chi connectivity index (χ2n) is 5.95. The topological polar surface area (TPSA) is 21.3 Å². The summed E-state index contributed by atoms with van der Waals surface area (Å²) >= 11 is 3.68. The van der Waals surface area contributed by atoms with Gasteiger partial charge in [-0.15, -0.1) is 0 Å². The van der Waals surface area contributed by atoms with E-state index in [0.29, 0.717) is 6.10 Å². The maximum atomic E-state index is 6.57. The van der Waals surface area contributed by atoms with E-state index in [1.54, 1.807) is 0 Å². The van der Waals surface area contributed by atoms with Crippen LogP contribution in [0.5, 0.6) is 0 Å². The van der Waals surface area contributed by atoms with Gasteiger partial charge < -0.3 is 10.1 Å². The molecule has 0 amide bonds. The van der Waals surface area contributed by atoms with Gasteiger partial charge in [0, 0.05) is 11.0 Å². The third kappa shape index (κ3) is 4.80. The Bertz CT molecular complexity index is 423. The molecule has 0 saturated heterocycles. The summed E-state index contributed by atoms with van der Waals surface area (Å²) in [6, 6.07) is 8.44. The van der Waals surface area contributed by atoms with Crippen molar-refractivity contribution in [2.45, 2.75) is 58.2 Å². The van der Waals surface area contributed by atoms with Gasteiger partial charge in [0.05, 0.1) is 12.2 Å². The van der Waals surface area contributed by atoms with Crippen LogP contribution in [0, 0.1) is 5.92 Å². The molecule has 1 aliphatic carbocycles. The first-order chi connectivity index (χ1) is 10.3. The molecular formula is C18H28BrNO. The van der Waals surface area contributed by atoms with Gasteiger partial charge in [-0.25, -0.2) is 0 Å². The molecule has 3 heteroatoms. The Balaban J connectivity index is 2.10. The molecule has 1 aliphatic rings. The minimum atomic E-state index is 0.137. The Morgan fingerprint density at radius 2 is 2.00 bits per heavy atom. The third-order valence-electron chi connectivity index (χ3n) is 4.53. The van der Waals surface area contributed by atoms with Gasteiger partial charge in [-0.2, -0.15) is 0 Å². The smallest absolute Gasteiger partial charge is 0.0963 e. The Hall–Kier alpha value is -0.380. The summed E-state index contributed by atoms with van der Waals surface area (Å²) in [4.78, 5) is 0. The summed E-state index contributed by atoms with van der Waals surface area (Å²) in [6.45, 7) is 6.30. The van der Waals surface area contributed by atoms with Crippen LogP contribution >= 0.6 is 15.9 Å². The SMILES string of the molecule is CCNCC(OC1CCCCC1CC)c1ccccc1Br. The lowest BCUT2D eigenvalue weighted by Gasteiger charge is -2.34. The lowest BCUT2D eigenvalue weighted by molar-refractivity contribution is -0.0617. The Morgan fingerprint density at radius 3 is 2.71 bits per heavy atom. The molecule has 1 N–H and O–H groups in total. The van der Waals surface area contributed by atoms with Gasteiger partial charge in [0.25, 0.3) is 0 Å². The van der Waals surface area contributed by atoms with E-state index < -0.39 is 0 Å². The van der Waals surface area contributed by atoms with Crippen LogP contribution in [0.1, 0.15) is 57.6 Å². The molecule has 2 nitrogen and oxygen atoms in total. The largest absolute Gasteiger partial charge is 0.369 e. The van der Waals surface area contributed by atoms with Gasteiger partial charge in [-0.05, 0) is 36.9 Å². The van der Waals surface area contributed by atoms with Crippen molar-refractivity contribution in [2.75, 3.05) is 13.1 Å². The standard InChI is InChI=1S/C18H28BrNO/c1-3-14-9-5-8-12-17(14)21-18(13-20-4-2)15-10-6-7-11-16(15)19/h6-7,10-11,14,17-18,20H,3-5,8-9,12-13H2,1-2H3. The van der Waals surface area contributed by atoms with Gasteiger partial charge in [0.1, 0.15) is 0 Å². The van der Waals surface area contributed by atoms with Crippen LogP contribution in [0.2, 0.25) is 0 Å². The van der Waals surface area contributed by atoms with Crippen molar-refractivity contribution >= 4 is 15.9 Å². The van der Waals surface area contributed by atoms with E-state index in [1.165, 1.54) is 37.7 Å². The number of rotatable bonds is 7. The second kappa shape index (κ2) is 8.92. The summed E-state index contributed by atoms with van der Waals surface area (Å²) in [7, 11) is 0. The van der Waals surface area contributed by atoms with Crippen LogP contribution in [0.4, 0.5) is 0 Å². The number of nitrogens with one attached hydrogen (secondary N) is 1. The molecule has 118 valence electrons. The highest BCUT2D eigenvalue weighted by Crippen LogP contribution is 2.34. The lowest BCUT2D eigenvalue weighted by atomic mass is 9.84.